The molecule has 0 aromatic carbocycles. The van der Waals surface area contributed by atoms with Gasteiger partial charge in [0.15, 0.2) is 0 Å². The first-order chi connectivity index (χ1) is 2.00. The zero-order valence-corrected chi connectivity index (χ0v) is 10.4. The van der Waals surface area contributed by atoms with Gasteiger partial charge in [0, 0.05) is 0 Å². The average Bonchev–Trinajstić information content (AvgIpc) is 0.722. The first-order valence-corrected chi connectivity index (χ1v) is 1.70. The maximum atomic E-state index is 10.1. The molecule has 4 heteroatoms. The summed E-state index contributed by atoms with van der Waals surface area (Å²) in [6.45, 7) is 4.90. The number of hydrogen-bond acceptors (Lipinski definition) is 2. The van der Waals surface area contributed by atoms with Gasteiger partial charge in [0.1, 0.15) is 0 Å². The SMILES string of the molecule is CC(C)(C)[O-].[Na+].[Na+].[OH-]. The predicted molar refractivity (Wildman–Crippen MR) is 21.7 cm³/mol. The molecule has 0 spiro atoms. The fourth-order valence-electron chi connectivity index (χ4n) is 0. The Kier molecular flexibility index (Phi) is 25.1. The largest absolute Gasteiger partial charge is 1.00 e. The third kappa shape index (κ3) is 103. The zero-order valence-electron chi connectivity index (χ0n) is 6.36. The predicted octanol–water partition coefficient (Wildman–Crippen LogP) is -6.02. The van der Waals surface area contributed by atoms with E-state index < -0.39 is 5.60 Å². The van der Waals surface area contributed by atoms with Crippen molar-refractivity contribution in [1.82, 2.24) is 0 Å². The zero-order chi connectivity index (χ0) is 4.50. The second-order valence-electron chi connectivity index (χ2n) is 2.11. The van der Waals surface area contributed by atoms with Gasteiger partial charge in [-0.15, -0.1) is 5.60 Å². The van der Waals surface area contributed by atoms with Crippen LogP contribution in [0.2, 0.25) is 0 Å². The Balaban J connectivity index is -0.0000000267. The molecule has 0 atom stereocenters. The van der Waals surface area contributed by atoms with E-state index in [1.165, 1.54) is 0 Å². The van der Waals surface area contributed by atoms with Crippen LogP contribution in [0.25, 0.3) is 0 Å². The molecule has 0 aliphatic carbocycles. The van der Waals surface area contributed by atoms with Crippen LogP contribution in [0.5, 0.6) is 0 Å². The van der Waals surface area contributed by atoms with Gasteiger partial charge in [0.25, 0.3) is 0 Å². The topological polar surface area (TPSA) is 53.1 Å². The summed E-state index contributed by atoms with van der Waals surface area (Å²) in [5.74, 6) is 0. The summed E-state index contributed by atoms with van der Waals surface area (Å²) in [6, 6.07) is 0. The molecule has 1 N–H and O–H groups in total. The van der Waals surface area contributed by atoms with Gasteiger partial charge in [0.2, 0.25) is 0 Å². The van der Waals surface area contributed by atoms with Crippen LogP contribution in [0.15, 0.2) is 0 Å². The van der Waals surface area contributed by atoms with Gasteiger partial charge in [-0.3, -0.25) is 0 Å². The summed E-state index contributed by atoms with van der Waals surface area (Å²) in [6.07, 6.45) is 0. The van der Waals surface area contributed by atoms with Gasteiger partial charge in [-0.25, -0.2) is 0 Å². The van der Waals surface area contributed by atoms with E-state index in [1.807, 2.05) is 0 Å². The Bertz CT molecular complexity index is 27.5. The molecule has 0 fully saturated rings. The van der Waals surface area contributed by atoms with Crippen LogP contribution >= 0.6 is 0 Å². The molecule has 0 aromatic heterocycles. The van der Waals surface area contributed by atoms with Gasteiger partial charge in [-0.1, -0.05) is 20.8 Å². The maximum absolute atomic E-state index is 10.1. The van der Waals surface area contributed by atoms with Crippen LogP contribution in [-0.4, -0.2) is 11.1 Å². The number of hydrogen-bond donors (Lipinski definition) is 0. The van der Waals surface area contributed by atoms with E-state index >= 15 is 0 Å². The third-order valence-corrected chi connectivity index (χ3v) is 0. The molecule has 0 saturated carbocycles. The van der Waals surface area contributed by atoms with E-state index in [0.29, 0.717) is 0 Å². The molecule has 2 nitrogen and oxygen atoms in total. The minimum absolute atomic E-state index is 0. The van der Waals surface area contributed by atoms with Crippen LogP contribution in [0.1, 0.15) is 20.8 Å². The maximum Gasteiger partial charge on any atom is 1.00 e. The van der Waals surface area contributed by atoms with Gasteiger partial charge in [0.05, 0.1) is 0 Å². The van der Waals surface area contributed by atoms with Crippen molar-refractivity contribution < 1.29 is 69.7 Å². The summed E-state index contributed by atoms with van der Waals surface area (Å²) < 4.78 is 0. The molecule has 0 radical (unpaired) electrons. The van der Waals surface area contributed by atoms with Crippen LogP contribution in [0, 0.1) is 0 Å². The molecule has 0 saturated heterocycles. The van der Waals surface area contributed by atoms with Gasteiger partial charge < -0.3 is 10.6 Å². The molecule has 0 aliphatic heterocycles. The molecule has 0 unspecified atom stereocenters. The fraction of sp³-hybridized carbons (Fsp3) is 1.00. The van der Waals surface area contributed by atoms with Crippen LogP contribution in [-0.2, 0) is 0 Å². The normalized spacial score (nSPS) is 7.50. The monoisotopic (exact) mass is 136 g/mol. The Morgan fingerprint density at radius 2 is 1.00 bits per heavy atom. The van der Waals surface area contributed by atoms with Crippen molar-refractivity contribution in [2.75, 3.05) is 0 Å². The third-order valence-electron chi connectivity index (χ3n) is 0. The Morgan fingerprint density at radius 1 is 1.00 bits per heavy atom. The molecule has 0 aliphatic rings. The molecule has 40 valence electrons. The summed E-state index contributed by atoms with van der Waals surface area (Å²) >= 11 is 0. The fourth-order valence-corrected chi connectivity index (χ4v) is 0. The Hall–Kier alpha value is 1.92. The second-order valence-corrected chi connectivity index (χ2v) is 2.11. The molecule has 0 heterocycles. The van der Waals surface area contributed by atoms with E-state index in [2.05, 4.69) is 0 Å². The Morgan fingerprint density at radius 3 is 1.00 bits per heavy atom. The molecular weight excluding hydrogens is 126 g/mol. The minimum atomic E-state index is -0.750. The smallest absolute Gasteiger partial charge is 0.870 e. The van der Waals surface area contributed by atoms with Crippen LogP contribution in [0.4, 0.5) is 0 Å². The average molecular weight is 136 g/mol. The van der Waals surface area contributed by atoms with Gasteiger partial charge >= 0.3 is 59.1 Å². The van der Waals surface area contributed by atoms with Gasteiger partial charge in [-0.05, 0) is 0 Å². The molecule has 0 amide bonds. The van der Waals surface area contributed by atoms with Gasteiger partial charge in [-0.2, -0.15) is 0 Å². The molecule has 8 heavy (non-hydrogen) atoms. The van der Waals surface area contributed by atoms with Crippen molar-refractivity contribution in [2.24, 2.45) is 0 Å². The van der Waals surface area contributed by atoms with E-state index in [1.54, 1.807) is 20.8 Å². The molecule has 0 aromatic rings. The minimum Gasteiger partial charge on any atom is -0.870 e. The van der Waals surface area contributed by atoms with E-state index in [9.17, 15) is 5.11 Å². The van der Waals surface area contributed by atoms with Crippen LogP contribution in [0.3, 0.4) is 0 Å². The van der Waals surface area contributed by atoms with Crippen LogP contribution < -0.4 is 64.2 Å². The van der Waals surface area contributed by atoms with Crippen molar-refractivity contribution in [3.63, 3.8) is 0 Å². The summed E-state index contributed by atoms with van der Waals surface area (Å²) in [7, 11) is 0. The second kappa shape index (κ2) is 8.92. The molecule has 0 bridgehead atoms. The molecule has 0 rings (SSSR count). The molecular formula is C4H10Na2O2. The van der Waals surface area contributed by atoms with E-state index in [-0.39, 0.29) is 64.6 Å². The van der Waals surface area contributed by atoms with Crippen molar-refractivity contribution in [1.29, 1.82) is 0 Å². The van der Waals surface area contributed by atoms with Crippen molar-refractivity contribution in [3.8, 4) is 0 Å². The Labute approximate surface area is 94.9 Å². The summed E-state index contributed by atoms with van der Waals surface area (Å²) in [4.78, 5) is 0. The van der Waals surface area contributed by atoms with Crippen molar-refractivity contribution >= 4 is 0 Å². The summed E-state index contributed by atoms with van der Waals surface area (Å²) in [5, 5.41) is 10.1. The first-order valence-electron chi connectivity index (χ1n) is 1.70. The quantitative estimate of drug-likeness (QED) is 0.311. The van der Waals surface area contributed by atoms with Crippen molar-refractivity contribution in [3.05, 3.63) is 0 Å². The first kappa shape index (κ1) is 22.5. The van der Waals surface area contributed by atoms with E-state index in [0.717, 1.165) is 0 Å². The van der Waals surface area contributed by atoms with E-state index in [4.69, 9.17) is 0 Å². The standard InChI is InChI=1S/C4H9O.2Na.H2O/c1-4(2,3)5;;;/h1-3H3;;;1H2/q-1;2*+1;/p-1. The van der Waals surface area contributed by atoms with Crippen molar-refractivity contribution in [2.45, 2.75) is 26.4 Å². The summed E-state index contributed by atoms with van der Waals surface area (Å²) in [5.41, 5.74) is -0.750. The number of rotatable bonds is 0.